The van der Waals surface area contributed by atoms with Crippen molar-refractivity contribution in [1.82, 2.24) is 0 Å². The molecule has 15 heavy (non-hydrogen) atoms. The summed E-state index contributed by atoms with van der Waals surface area (Å²) in [6.07, 6.45) is 1.10. The number of aliphatic hydroxyl groups excluding tert-OH is 1. The van der Waals surface area contributed by atoms with Crippen LogP contribution in [0.25, 0.3) is 0 Å². The lowest BCUT2D eigenvalue weighted by atomic mass is 10.1. The third-order valence-electron chi connectivity index (χ3n) is 2.98. The molecule has 0 spiro atoms. The highest BCUT2D eigenvalue weighted by Gasteiger charge is 2.23. The first-order valence-corrected chi connectivity index (χ1v) is 5.35. The summed E-state index contributed by atoms with van der Waals surface area (Å²) in [5.74, 6) is 0.381. The van der Waals surface area contributed by atoms with E-state index in [0.717, 1.165) is 19.5 Å². The van der Waals surface area contributed by atoms with Crippen LogP contribution in [-0.2, 0) is 6.61 Å². The van der Waals surface area contributed by atoms with Crippen LogP contribution in [0.5, 0.6) is 0 Å². The van der Waals surface area contributed by atoms with Crippen molar-refractivity contribution in [2.45, 2.75) is 20.0 Å². The summed E-state index contributed by atoms with van der Waals surface area (Å²) in [6, 6.07) is 4.88. The molecule has 2 rings (SSSR count). The Kier molecular flexibility index (Phi) is 2.91. The molecule has 0 amide bonds. The summed E-state index contributed by atoms with van der Waals surface area (Å²) in [7, 11) is 0. The zero-order chi connectivity index (χ0) is 10.8. The van der Waals surface area contributed by atoms with E-state index in [1.807, 2.05) is 4.90 Å². The quantitative estimate of drug-likeness (QED) is 0.806. The van der Waals surface area contributed by atoms with Crippen LogP contribution in [0.15, 0.2) is 18.2 Å². The Balaban J connectivity index is 2.33. The molecule has 1 aliphatic rings. The summed E-state index contributed by atoms with van der Waals surface area (Å²) in [5.41, 5.74) is 1.27. The van der Waals surface area contributed by atoms with Crippen LogP contribution in [-0.4, -0.2) is 18.2 Å². The van der Waals surface area contributed by atoms with Gasteiger partial charge in [-0.1, -0.05) is 19.1 Å². The van der Waals surface area contributed by atoms with E-state index in [0.29, 0.717) is 17.2 Å². The maximum absolute atomic E-state index is 13.7. The average molecular weight is 209 g/mol. The molecule has 1 aromatic rings. The summed E-state index contributed by atoms with van der Waals surface area (Å²) in [4.78, 5) is 2.03. The van der Waals surface area contributed by atoms with E-state index in [2.05, 4.69) is 6.92 Å². The maximum atomic E-state index is 13.7. The zero-order valence-electron chi connectivity index (χ0n) is 8.91. The van der Waals surface area contributed by atoms with E-state index in [1.54, 1.807) is 12.1 Å². The number of aliphatic hydroxyl groups is 1. The molecule has 3 heteroatoms. The van der Waals surface area contributed by atoms with Crippen molar-refractivity contribution >= 4 is 5.69 Å². The van der Waals surface area contributed by atoms with Gasteiger partial charge in [-0.3, -0.25) is 0 Å². The predicted octanol–water partition coefficient (Wildman–Crippen LogP) is 2.16. The number of benzene rings is 1. The number of para-hydroxylation sites is 1. The van der Waals surface area contributed by atoms with Crippen LogP contribution >= 0.6 is 0 Å². The summed E-state index contributed by atoms with van der Waals surface area (Å²) < 4.78 is 13.7. The fraction of sp³-hybridized carbons (Fsp3) is 0.500. The number of halogens is 1. The van der Waals surface area contributed by atoms with Crippen molar-refractivity contribution in [3.63, 3.8) is 0 Å². The van der Waals surface area contributed by atoms with Crippen LogP contribution in [0.3, 0.4) is 0 Å². The second-order valence-electron chi connectivity index (χ2n) is 4.25. The van der Waals surface area contributed by atoms with E-state index >= 15 is 0 Å². The number of hydrogen-bond acceptors (Lipinski definition) is 2. The number of rotatable bonds is 2. The Morgan fingerprint density at radius 2 is 2.33 bits per heavy atom. The largest absolute Gasteiger partial charge is 0.392 e. The number of hydrogen-bond donors (Lipinski definition) is 1. The maximum Gasteiger partial charge on any atom is 0.146 e. The molecule has 82 valence electrons. The van der Waals surface area contributed by atoms with Gasteiger partial charge in [-0.05, 0) is 18.4 Å². The van der Waals surface area contributed by atoms with Crippen molar-refractivity contribution in [2.75, 3.05) is 18.0 Å². The minimum absolute atomic E-state index is 0.0992. The third kappa shape index (κ3) is 1.97. The van der Waals surface area contributed by atoms with Gasteiger partial charge in [0.1, 0.15) is 5.82 Å². The van der Waals surface area contributed by atoms with Gasteiger partial charge in [-0.15, -0.1) is 0 Å². The van der Waals surface area contributed by atoms with Crippen molar-refractivity contribution in [1.29, 1.82) is 0 Å². The fourth-order valence-corrected chi connectivity index (χ4v) is 2.18. The standard InChI is InChI=1S/C12H16FNO/c1-9-5-6-14(7-9)12-10(8-15)3-2-4-11(12)13/h2-4,9,15H,5-8H2,1H3. The molecule has 1 N–H and O–H groups in total. The van der Waals surface area contributed by atoms with Gasteiger partial charge in [0.15, 0.2) is 0 Å². The van der Waals surface area contributed by atoms with Crippen LogP contribution in [0.4, 0.5) is 10.1 Å². The Bertz CT molecular complexity index is 353. The molecule has 2 nitrogen and oxygen atoms in total. The molecule has 0 aromatic heterocycles. The summed E-state index contributed by atoms with van der Waals surface area (Å²) in [6.45, 7) is 3.83. The Hall–Kier alpha value is -1.09. The van der Waals surface area contributed by atoms with E-state index in [1.165, 1.54) is 6.07 Å². The monoisotopic (exact) mass is 209 g/mol. The van der Waals surface area contributed by atoms with Crippen LogP contribution in [0.1, 0.15) is 18.9 Å². The lowest BCUT2D eigenvalue weighted by Gasteiger charge is -2.21. The highest BCUT2D eigenvalue weighted by Crippen LogP contribution is 2.29. The Labute approximate surface area is 89.3 Å². The average Bonchev–Trinajstić information content (AvgIpc) is 2.64. The van der Waals surface area contributed by atoms with Gasteiger partial charge in [0, 0.05) is 18.7 Å². The molecule has 1 heterocycles. The van der Waals surface area contributed by atoms with Gasteiger partial charge in [0.05, 0.1) is 12.3 Å². The Morgan fingerprint density at radius 3 is 2.93 bits per heavy atom. The molecule has 1 unspecified atom stereocenters. The van der Waals surface area contributed by atoms with Crippen molar-refractivity contribution in [3.8, 4) is 0 Å². The minimum Gasteiger partial charge on any atom is -0.392 e. The van der Waals surface area contributed by atoms with Gasteiger partial charge >= 0.3 is 0 Å². The minimum atomic E-state index is -0.226. The molecule has 1 aliphatic heterocycles. The highest BCUT2D eigenvalue weighted by molar-refractivity contribution is 5.55. The van der Waals surface area contributed by atoms with Crippen molar-refractivity contribution < 1.29 is 9.50 Å². The molecule has 0 bridgehead atoms. The molecule has 1 saturated heterocycles. The van der Waals surface area contributed by atoms with Gasteiger partial charge < -0.3 is 10.0 Å². The second-order valence-corrected chi connectivity index (χ2v) is 4.25. The molecule has 0 radical (unpaired) electrons. The molecule has 1 fully saturated rings. The molecule has 1 aromatic carbocycles. The van der Waals surface area contributed by atoms with Gasteiger partial charge in [-0.2, -0.15) is 0 Å². The highest BCUT2D eigenvalue weighted by atomic mass is 19.1. The molecule has 0 aliphatic carbocycles. The lowest BCUT2D eigenvalue weighted by molar-refractivity contribution is 0.281. The smallest absolute Gasteiger partial charge is 0.146 e. The van der Waals surface area contributed by atoms with Crippen LogP contribution < -0.4 is 4.90 Å². The summed E-state index contributed by atoms with van der Waals surface area (Å²) in [5, 5.41) is 9.18. The van der Waals surface area contributed by atoms with E-state index in [9.17, 15) is 9.50 Å². The van der Waals surface area contributed by atoms with Gasteiger partial charge in [0.2, 0.25) is 0 Å². The summed E-state index contributed by atoms with van der Waals surface area (Å²) >= 11 is 0. The predicted molar refractivity (Wildman–Crippen MR) is 58.3 cm³/mol. The first kappa shape index (κ1) is 10.4. The van der Waals surface area contributed by atoms with Gasteiger partial charge in [0.25, 0.3) is 0 Å². The van der Waals surface area contributed by atoms with Crippen LogP contribution in [0.2, 0.25) is 0 Å². The third-order valence-corrected chi connectivity index (χ3v) is 2.98. The topological polar surface area (TPSA) is 23.5 Å². The van der Waals surface area contributed by atoms with E-state index in [4.69, 9.17) is 0 Å². The first-order valence-electron chi connectivity index (χ1n) is 5.35. The first-order chi connectivity index (χ1) is 7.22. The SMILES string of the molecule is CC1CCN(c2c(F)cccc2CO)C1. The zero-order valence-corrected chi connectivity index (χ0v) is 8.91. The van der Waals surface area contributed by atoms with Gasteiger partial charge in [-0.25, -0.2) is 4.39 Å². The van der Waals surface area contributed by atoms with Crippen molar-refractivity contribution in [3.05, 3.63) is 29.6 Å². The van der Waals surface area contributed by atoms with Crippen molar-refractivity contribution in [2.24, 2.45) is 5.92 Å². The molecule has 1 atom stereocenters. The van der Waals surface area contributed by atoms with Crippen LogP contribution in [0, 0.1) is 11.7 Å². The number of nitrogens with zero attached hydrogens (tertiary/aromatic N) is 1. The number of anilines is 1. The van der Waals surface area contributed by atoms with E-state index in [-0.39, 0.29) is 12.4 Å². The molecular formula is C12H16FNO. The normalized spacial score (nSPS) is 21.0. The fourth-order valence-electron chi connectivity index (χ4n) is 2.18. The lowest BCUT2D eigenvalue weighted by Crippen LogP contribution is -2.22. The van der Waals surface area contributed by atoms with E-state index < -0.39 is 0 Å². The molecule has 0 saturated carbocycles. The second kappa shape index (κ2) is 4.19. The Morgan fingerprint density at radius 1 is 1.53 bits per heavy atom. The molecular weight excluding hydrogens is 193 g/mol.